The van der Waals surface area contributed by atoms with Crippen molar-refractivity contribution < 1.29 is 19.1 Å². The molecule has 2 aliphatic heterocycles. The average Bonchev–Trinajstić information content (AvgIpc) is 3.10. The van der Waals surface area contributed by atoms with E-state index in [0.29, 0.717) is 11.3 Å². The molecule has 2 aliphatic rings. The van der Waals surface area contributed by atoms with Crippen molar-refractivity contribution in [2.75, 3.05) is 20.7 Å². The Hall–Kier alpha value is -3.85. The fraction of sp³-hybridized carbons (Fsp3) is 0.308. The van der Waals surface area contributed by atoms with Gasteiger partial charge in [0.15, 0.2) is 0 Å². The maximum absolute atomic E-state index is 14.5. The van der Waals surface area contributed by atoms with Crippen LogP contribution in [0.2, 0.25) is 0 Å². The van der Waals surface area contributed by atoms with Crippen LogP contribution in [0.15, 0.2) is 65.7 Å². The number of halogens is 1. The summed E-state index contributed by atoms with van der Waals surface area (Å²) in [5.41, 5.74) is 0.896. The molecule has 8 nitrogen and oxygen atoms in total. The summed E-state index contributed by atoms with van der Waals surface area (Å²) in [4.78, 5) is 47.6. The molecule has 5 rings (SSSR count). The van der Waals surface area contributed by atoms with E-state index in [9.17, 15) is 23.9 Å². The molecule has 1 N–H and O–H groups in total. The van der Waals surface area contributed by atoms with E-state index in [1.807, 2.05) is 0 Å². The highest BCUT2D eigenvalue weighted by atomic mass is 19.1. The zero-order valence-electron chi connectivity index (χ0n) is 19.3. The highest BCUT2D eigenvalue weighted by Gasteiger charge is 2.57. The van der Waals surface area contributed by atoms with Gasteiger partial charge in [0.05, 0.1) is 23.6 Å². The summed E-state index contributed by atoms with van der Waals surface area (Å²) in [5.74, 6) is -2.35. The molecule has 4 atom stereocenters. The van der Waals surface area contributed by atoms with Crippen molar-refractivity contribution in [3.05, 3.63) is 88.4 Å². The molecule has 35 heavy (non-hydrogen) atoms. The van der Waals surface area contributed by atoms with Crippen molar-refractivity contribution in [3.8, 4) is 11.1 Å². The topological polar surface area (TPSA) is 95.7 Å². The van der Waals surface area contributed by atoms with E-state index in [1.54, 1.807) is 61.5 Å². The lowest BCUT2D eigenvalue weighted by Gasteiger charge is -2.38. The first-order chi connectivity index (χ1) is 16.8. The Bertz CT molecular complexity index is 1360. The fourth-order valence-electron chi connectivity index (χ4n) is 5.49. The summed E-state index contributed by atoms with van der Waals surface area (Å²) in [7, 11) is 3.25. The smallest absolute Gasteiger partial charge is 0.258 e. The molecule has 2 bridgehead atoms. The van der Waals surface area contributed by atoms with Crippen LogP contribution in [0.25, 0.3) is 11.1 Å². The first-order valence-corrected chi connectivity index (χ1v) is 11.4. The highest BCUT2D eigenvalue weighted by Crippen LogP contribution is 2.49. The van der Waals surface area contributed by atoms with E-state index >= 15 is 0 Å². The predicted molar refractivity (Wildman–Crippen MR) is 126 cm³/mol. The monoisotopic (exact) mass is 476 g/mol. The third-order valence-corrected chi connectivity index (χ3v) is 7.10. The average molecular weight is 477 g/mol. The minimum absolute atomic E-state index is 0.0895. The van der Waals surface area contributed by atoms with Gasteiger partial charge >= 0.3 is 0 Å². The van der Waals surface area contributed by atoms with Crippen molar-refractivity contribution in [1.82, 2.24) is 19.4 Å². The van der Waals surface area contributed by atoms with Crippen LogP contribution in [0.1, 0.15) is 22.1 Å². The minimum atomic E-state index is -0.760. The molecule has 0 saturated carbocycles. The lowest BCUT2D eigenvalue weighted by atomic mass is 9.86. The van der Waals surface area contributed by atoms with Crippen LogP contribution in [-0.2, 0) is 11.3 Å². The van der Waals surface area contributed by atoms with Gasteiger partial charge in [0, 0.05) is 62.4 Å². The van der Waals surface area contributed by atoms with Crippen LogP contribution in [0, 0.1) is 17.7 Å². The van der Waals surface area contributed by atoms with Crippen molar-refractivity contribution in [1.29, 1.82) is 0 Å². The van der Waals surface area contributed by atoms with Crippen LogP contribution >= 0.6 is 0 Å². The summed E-state index contributed by atoms with van der Waals surface area (Å²) in [6.45, 7) is -0.235. The second kappa shape index (κ2) is 8.74. The molecule has 1 saturated heterocycles. The Labute approximate surface area is 201 Å². The lowest BCUT2D eigenvalue weighted by Crippen LogP contribution is -2.49. The molecule has 0 aliphatic carbocycles. The number of aromatic nitrogens is 2. The first kappa shape index (κ1) is 22.9. The van der Waals surface area contributed by atoms with Gasteiger partial charge in [-0.1, -0.05) is 18.2 Å². The van der Waals surface area contributed by atoms with E-state index < -0.39 is 35.3 Å². The number of carbonyl (C=O) groups is 2. The summed E-state index contributed by atoms with van der Waals surface area (Å²) in [6.07, 6.45) is 3.04. The van der Waals surface area contributed by atoms with Gasteiger partial charge in [0.2, 0.25) is 5.91 Å². The van der Waals surface area contributed by atoms with Gasteiger partial charge in [-0.3, -0.25) is 19.4 Å². The largest absolute Gasteiger partial charge is 0.396 e. The number of carbonyl (C=O) groups excluding carboxylic acids is 2. The van der Waals surface area contributed by atoms with Gasteiger partial charge < -0.3 is 19.5 Å². The molecule has 4 heterocycles. The molecular weight excluding hydrogens is 451 g/mol. The van der Waals surface area contributed by atoms with Crippen LogP contribution < -0.4 is 5.56 Å². The van der Waals surface area contributed by atoms with E-state index in [2.05, 4.69) is 4.98 Å². The lowest BCUT2D eigenvalue weighted by molar-refractivity contribution is -0.135. The second-order valence-corrected chi connectivity index (χ2v) is 9.13. The standard InChI is InChI=1S/C26H25FN4O4/c1-29(2)26(35)22-18(14-32)21-13-30-20(23(22)31(21)24(33)15-9-11-28-12-10-15)8-7-17(25(30)34)16-5-3-4-6-19(16)27/h3-12,18,21-23,32H,13-14H2,1-2H3/t18-,21-,22+,23+/m0/s1. The number of aliphatic hydroxyl groups is 1. The van der Waals surface area contributed by atoms with Crippen molar-refractivity contribution in [2.45, 2.75) is 18.6 Å². The van der Waals surface area contributed by atoms with Crippen molar-refractivity contribution in [3.63, 3.8) is 0 Å². The van der Waals surface area contributed by atoms with Crippen LogP contribution in [0.5, 0.6) is 0 Å². The Balaban J connectivity index is 1.69. The number of aliphatic hydroxyl groups excluding tert-OH is 1. The summed E-state index contributed by atoms with van der Waals surface area (Å²) in [5, 5.41) is 10.3. The molecule has 180 valence electrons. The highest BCUT2D eigenvalue weighted by molar-refractivity contribution is 5.96. The Morgan fingerprint density at radius 1 is 1.09 bits per heavy atom. The summed E-state index contributed by atoms with van der Waals surface area (Å²) < 4.78 is 16.0. The Morgan fingerprint density at radius 3 is 2.46 bits per heavy atom. The van der Waals surface area contributed by atoms with Crippen LogP contribution in [0.3, 0.4) is 0 Å². The third kappa shape index (κ3) is 3.54. The molecule has 1 fully saturated rings. The number of amides is 2. The predicted octanol–water partition coefficient (Wildman–Crippen LogP) is 1.94. The number of hydrogen-bond acceptors (Lipinski definition) is 5. The number of nitrogens with zero attached hydrogens (tertiary/aromatic N) is 4. The summed E-state index contributed by atoms with van der Waals surface area (Å²) >= 11 is 0. The van der Waals surface area contributed by atoms with Gasteiger partial charge in [0.1, 0.15) is 5.82 Å². The third-order valence-electron chi connectivity index (χ3n) is 7.10. The number of hydrogen-bond donors (Lipinski definition) is 1. The normalized spacial score (nSPS) is 22.6. The van der Waals surface area contributed by atoms with E-state index in [1.165, 1.54) is 27.9 Å². The minimum Gasteiger partial charge on any atom is -0.396 e. The van der Waals surface area contributed by atoms with E-state index in [-0.39, 0.29) is 36.1 Å². The molecular formula is C26H25FN4O4. The van der Waals surface area contributed by atoms with Crippen LogP contribution in [-0.4, -0.2) is 63.0 Å². The maximum atomic E-state index is 14.5. The molecule has 2 amide bonds. The van der Waals surface area contributed by atoms with Crippen LogP contribution in [0.4, 0.5) is 4.39 Å². The van der Waals surface area contributed by atoms with Gasteiger partial charge in [-0.25, -0.2) is 4.39 Å². The SMILES string of the molecule is CN(C)C(=O)[C@@H]1[C@@H](CO)[C@@H]2Cn3c(ccc(-c4ccccc4F)c3=O)[C@H]1N2C(=O)c1ccncc1. The quantitative estimate of drug-likeness (QED) is 0.621. The van der Waals surface area contributed by atoms with Gasteiger partial charge in [-0.15, -0.1) is 0 Å². The molecule has 1 aromatic carbocycles. The Kier molecular flexibility index (Phi) is 5.72. The second-order valence-electron chi connectivity index (χ2n) is 9.13. The van der Waals surface area contributed by atoms with Gasteiger partial charge in [0.25, 0.3) is 11.5 Å². The van der Waals surface area contributed by atoms with E-state index in [0.717, 1.165) is 0 Å². The molecule has 0 radical (unpaired) electrons. The van der Waals surface area contributed by atoms with Crippen molar-refractivity contribution in [2.24, 2.45) is 11.8 Å². The molecule has 3 aromatic rings. The number of pyridine rings is 2. The first-order valence-electron chi connectivity index (χ1n) is 11.4. The Morgan fingerprint density at radius 2 is 1.80 bits per heavy atom. The van der Waals surface area contributed by atoms with Gasteiger partial charge in [-0.2, -0.15) is 0 Å². The van der Waals surface area contributed by atoms with Gasteiger partial charge in [-0.05, 0) is 30.3 Å². The number of fused-ring (bicyclic) bond motifs is 4. The zero-order chi connectivity index (χ0) is 24.9. The molecule has 0 spiro atoms. The van der Waals surface area contributed by atoms with E-state index in [4.69, 9.17) is 0 Å². The maximum Gasteiger partial charge on any atom is 0.258 e. The fourth-order valence-corrected chi connectivity index (χ4v) is 5.49. The van der Waals surface area contributed by atoms with Crippen molar-refractivity contribution >= 4 is 11.8 Å². The molecule has 0 unspecified atom stereocenters. The zero-order valence-corrected chi connectivity index (χ0v) is 19.3. The summed E-state index contributed by atoms with van der Waals surface area (Å²) in [6, 6.07) is 11.1. The number of rotatable bonds is 4. The molecule has 9 heteroatoms. The number of benzene rings is 1. The molecule has 2 aromatic heterocycles.